The van der Waals surface area contributed by atoms with E-state index < -0.39 is 9.84 Å². The number of aromatic nitrogens is 4. The van der Waals surface area contributed by atoms with E-state index in [4.69, 9.17) is 9.84 Å². The number of fused-ring (bicyclic) bond motifs is 1. The molecule has 29 heavy (non-hydrogen) atoms. The second-order valence-electron chi connectivity index (χ2n) is 6.63. The highest BCUT2D eigenvalue weighted by atomic mass is 32.2. The molecule has 0 bridgehead atoms. The van der Waals surface area contributed by atoms with Gasteiger partial charge in [-0.15, -0.1) is 10.2 Å². The van der Waals surface area contributed by atoms with Gasteiger partial charge in [0.2, 0.25) is 5.03 Å². The maximum Gasteiger partial charge on any atom is 0.203 e. The smallest absolute Gasteiger partial charge is 0.203 e. The molecule has 8 heteroatoms. The molecule has 0 aliphatic carbocycles. The number of benzene rings is 2. The van der Waals surface area contributed by atoms with Crippen LogP contribution >= 0.6 is 0 Å². The summed E-state index contributed by atoms with van der Waals surface area (Å²) in [6.45, 7) is 2.01. The first-order valence-corrected chi connectivity index (χ1v) is 11.0. The molecule has 4 rings (SSSR count). The van der Waals surface area contributed by atoms with E-state index in [-0.39, 0.29) is 5.03 Å². The predicted octanol–water partition coefficient (Wildman–Crippen LogP) is 3.43. The Hall–Kier alpha value is -3.26. The van der Waals surface area contributed by atoms with Crippen LogP contribution in [-0.4, -0.2) is 41.6 Å². The summed E-state index contributed by atoms with van der Waals surface area (Å²) < 4.78 is 31.7. The zero-order chi connectivity index (χ0) is 20.6. The van der Waals surface area contributed by atoms with Crippen LogP contribution in [0.4, 0.5) is 0 Å². The van der Waals surface area contributed by atoms with Crippen molar-refractivity contribution >= 4 is 15.5 Å². The summed E-state index contributed by atoms with van der Waals surface area (Å²) in [5.41, 5.74) is 4.21. The highest BCUT2D eigenvalue weighted by molar-refractivity contribution is 7.90. The molecular formula is C21H20N4O3S. The molecule has 148 valence electrons. The van der Waals surface area contributed by atoms with E-state index in [0.717, 1.165) is 23.1 Å². The Morgan fingerprint density at radius 2 is 1.66 bits per heavy atom. The third-order valence-corrected chi connectivity index (χ3v) is 5.67. The van der Waals surface area contributed by atoms with E-state index >= 15 is 0 Å². The summed E-state index contributed by atoms with van der Waals surface area (Å²) in [5.74, 6) is 0.674. The lowest BCUT2D eigenvalue weighted by Crippen LogP contribution is -2.10. The lowest BCUT2D eigenvalue weighted by atomic mass is 10.0. The van der Waals surface area contributed by atoms with Crippen LogP contribution in [0.25, 0.3) is 28.0 Å². The molecule has 2 aromatic heterocycles. The molecule has 0 amide bonds. The van der Waals surface area contributed by atoms with Gasteiger partial charge in [0.15, 0.2) is 15.5 Å². The summed E-state index contributed by atoms with van der Waals surface area (Å²) in [7, 11) is -2.05. The summed E-state index contributed by atoms with van der Waals surface area (Å²) in [6.07, 6.45) is 1.79. The number of methoxy groups -OCH3 is 1. The standard InChI is InChI=1S/C21H20N4O3S/c1-4-17-18(14-8-6-5-7-9-14)20-22-23-21(29(3,26)27)19(25(20)24-17)15-10-12-16(28-2)13-11-15/h5-13H,4H2,1-3H3. The number of ether oxygens (including phenoxy) is 1. The van der Waals surface area contributed by atoms with E-state index in [1.165, 1.54) is 0 Å². The van der Waals surface area contributed by atoms with E-state index in [0.29, 0.717) is 29.1 Å². The van der Waals surface area contributed by atoms with Gasteiger partial charge in [-0.05, 0) is 36.2 Å². The first-order chi connectivity index (χ1) is 13.9. The Morgan fingerprint density at radius 3 is 2.24 bits per heavy atom. The summed E-state index contributed by atoms with van der Waals surface area (Å²) in [5, 5.41) is 13.0. The quantitative estimate of drug-likeness (QED) is 0.503. The van der Waals surface area contributed by atoms with Crippen LogP contribution < -0.4 is 4.74 Å². The van der Waals surface area contributed by atoms with Crippen molar-refractivity contribution in [3.8, 4) is 28.1 Å². The molecule has 0 saturated carbocycles. The zero-order valence-electron chi connectivity index (χ0n) is 16.3. The van der Waals surface area contributed by atoms with Gasteiger partial charge in [0.05, 0.1) is 18.4 Å². The zero-order valence-corrected chi connectivity index (χ0v) is 17.1. The monoisotopic (exact) mass is 408 g/mol. The van der Waals surface area contributed by atoms with Crippen molar-refractivity contribution in [2.75, 3.05) is 13.4 Å². The Kier molecular flexibility index (Phi) is 4.79. The van der Waals surface area contributed by atoms with Crippen molar-refractivity contribution in [1.82, 2.24) is 19.8 Å². The van der Waals surface area contributed by atoms with Crippen molar-refractivity contribution in [2.45, 2.75) is 18.4 Å². The lowest BCUT2D eigenvalue weighted by Gasteiger charge is -2.10. The Balaban J connectivity index is 2.09. The molecule has 0 atom stereocenters. The van der Waals surface area contributed by atoms with Crippen LogP contribution in [0.15, 0.2) is 59.6 Å². The van der Waals surface area contributed by atoms with Gasteiger partial charge in [0.1, 0.15) is 11.4 Å². The molecule has 2 aromatic carbocycles. The van der Waals surface area contributed by atoms with Crippen molar-refractivity contribution < 1.29 is 13.2 Å². The summed E-state index contributed by atoms with van der Waals surface area (Å²) in [6, 6.07) is 16.9. The first kappa shape index (κ1) is 19.1. The molecule has 0 spiro atoms. The molecule has 0 aliphatic rings. The third kappa shape index (κ3) is 3.36. The Morgan fingerprint density at radius 1 is 0.966 bits per heavy atom. The molecule has 0 saturated heterocycles. The number of nitrogens with zero attached hydrogens (tertiary/aromatic N) is 4. The maximum absolute atomic E-state index is 12.5. The fourth-order valence-electron chi connectivity index (χ4n) is 3.32. The van der Waals surface area contributed by atoms with E-state index in [1.54, 1.807) is 35.9 Å². The average Bonchev–Trinajstić information content (AvgIpc) is 3.12. The van der Waals surface area contributed by atoms with Gasteiger partial charge in [-0.3, -0.25) is 0 Å². The van der Waals surface area contributed by atoms with Crippen LogP contribution in [0, 0.1) is 0 Å². The molecule has 0 unspecified atom stereocenters. The topological polar surface area (TPSA) is 86.5 Å². The minimum atomic E-state index is -3.63. The van der Waals surface area contributed by atoms with Gasteiger partial charge in [-0.25, -0.2) is 12.9 Å². The van der Waals surface area contributed by atoms with Gasteiger partial charge in [0, 0.05) is 11.8 Å². The normalized spacial score (nSPS) is 11.7. The second-order valence-corrected chi connectivity index (χ2v) is 8.56. The molecule has 2 heterocycles. The average molecular weight is 408 g/mol. The van der Waals surface area contributed by atoms with Gasteiger partial charge in [-0.2, -0.15) is 5.10 Å². The number of hydrogen-bond donors (Lipinski definition) is 0. The first-order valence-electron chi connectivity index (χ1n) is 9.12. The summed E-state index contributed by atoms with van der Waals surface area (Å²) >= 11 is 0. The Bertz CT molecular complexity index is 1280. The number of rotatable bonds is 5. The Labute approximate surface area is 168 Å². The SMILES string of the molecule is CCc1nn2c(-c3ccc(OC)cc3)c(S(C)(=O)=O)nnc2c1-c1ccccc1. The highest BCUT2D eigenvalue weighted by Crippen LogP contribution is 2.33. The van der Waals surface area contributed by atoms with Gasteiger partial charge < -0.3 is 4.74 Å². The van der Waals surface area contributed by atoms with E-state index in [1.807, 2.05) is 37.3 Å². The van der Waals surface area contributed by atoms with Crippen molar-refractivity contribution in [3.05, 3.63) is 60.3 Å². The molecule has 0 aliphatic heterocycles. The molecular weight excluding hydrogens is 388 g/mol. The van der Waals surface area contributed by atoms with Crippen LogP contribution in [0.3, 0.4) is 0 Å². The van der Waals surface area contributed by atoms with Gasteiger partial charge in [0.25, 0.3) is 0 Å². The summed E-state index contributed by atoms with van der Waals surface area (Å²) in [4.78, 5) is 0. The minimum absolute atomic E-state index is 0.111. The molecule has 4 aromatic rings. The van der Waals surface area contributed by atoms with Crippen molar-refractivity contribution in [1.29, 1.82) is 0 Å². The number of hydrogen-bond acceptors (Lipinski definition) is 6. The van der Waals surface area contributed by atoms with Crippen molar-refractivity contribution in [3.63, 3.8) is 0 Å². The highest BCUT2D eigenvalue weighted by Gasteiger charge is 2.25. The fraction of sp³-hybridized carbons (Fsp3) is 0.190. The van der Waals surface area contributed by atoms with Crippen molar-refractivity contribution in [2.24, 2.45) is 0 Å². The third-order valence-electron chi connectivity index (χ3n) is 4.70. The van der Waals surface area contributed by atoms with E-state index in [9.17, 15) is 8.42 Å². The number of sulfone groups is 1. The molecule has 0 radical (unpaired) electrons. The van der Waals surface area contributed by atoms with E-state index in [2.05, 4.69) is 10.2 Å². The minimum Gasteiger partial charge on any atom is -0.497 e. The molecule has 7 nitrogen and oxygen atoms in total. The van der Waals surface area contributed by atoms with Gasteiger partial charge in [-0.1, -0.05) is 37.3 Å². The predicted molar refractivity (Wildman–Crippen MR) is 111 cm³/mol. The lowest BCUT2D eigenvalue weighted by molar-refractivity contribution is 0.415. The van der Waals surface area contributed by atoms with Crippen LogP contribution in [0.5, 0.6) is 5.75 Å². The largest absolute Gasteiger partial charge is 0.497 e. The second kappa shape index (κ2) is 7.29. The molecule has 0 N–H and O–H groups in total. The fourth-order valence-corrected chi connectivity index (χ4v) is 4.07. The molecule has 0 fully saturated rings. The maximum atomic E-state index is 12.5. The number of aryl methyl sites for hydroxylation is 1. The van der Waals surface area contributed by atoms with Crippen LogP contribution in [-0.2, 0) is 16.3 Å². The van der Waals surface area contributed by atoms with Crippen LogP contribution in [0.2, 0.25) is 0 Å². The van der Waals surface area contributed by atoms with Crippen LogP contribution in [0.1, 0.15) is 12.6 Å². The van der Waals surface area contributed by atoms with Gasteiger partial charge >= 0.3 is 0 Å².